The molecule has 5 fully saturated rings. The van der Waals surface area contributed by atoms with E-state index >= 15 is 0 Å². The number of likely N-dealkylation sites (tertiary alicyclic amines) is 1. The number of piperidine rings is 2. The highest BCUT2D eigenvalue weighted by Gasteiger charge is 2.51. The van der Waals surface area contributed by atoms with Crippen LogP contribution in [-0.4, -0.2) is 40.9 Å². The Morgan fingerprint density at radius 1 is 1.14 bits per heavy atom. The highest BCUT2D eigenvalue weighted by atomic mass is 16.2. The van der Waals surface area contributed by atoms with E-state index in [0.717, 1.165) is 17.7 Å². The molecular weight excluding hydrogens is 270 g/mol. The molecule has 6 heteroatoms. The van der Waals surface area contributed by atoms with Crippen LogP contribution in [-0.2, 0) is 14.4 Å². The monoisotopic (exact) mass is 291 g/mol. The van der Waals surface area contributed by atoms with Crippen molar-refractivity contribution < 1.29 is 14.4 Å². The Hall–Kier alpha value is -1.43. The third-order valence-electron chi connectivity index (χ3n) is 5.49. The fraction of sp³-hybridized carbons (Fsp3) is 0.800. The summed E-state index contributed by atoms with van der Waals surface area (Å²) < 4.78 is 0. The van der Waals surface area contributed by atoms with Gasteiger partial charge in [-0.2, -0.15) is 0 Å². The summed E-state index contributed by atoms with van der Waals surface area (Å²) in [6.45, 7) is -0.124. The quantitative estimate of drug-likeness (QED) is 0.725. The largest absolute Gasteiger partial charge is 0.336 e. The molecule has 2 saturated carbocycles. The van der Waals surface area contributed by atoms with Crippen LogP contribution >= 0.6 is 0 Å². The molecule has 3 saturated heterocycles. The molecule has 0 aromatic carbocycles. The Balaban J connectivity index is 1.42. The molecule has 5 rings (SSSR count). The van der Waals surface area contributed by atoms with E-state index in [1.807, 2.05) is 0 Å². The Kier molecular flexibility index (Phi) is 2.86. The number of nitrogens with zero attached hydrogens (tertiary/aromatic N) is 1. The number of amides is 3. The van der Waals surface area contributed by atoms with Gasteiger partial charge in [0.25, 0.3) is 0 Å². The Labute approximate surface area is 123 Å². The number of carbonyl (C=O) groups is 3. The van der Waals surface area contributed by atoms with Crippen LogP contribution in [0.1, 0.15) is 44.9 Å². The Bertz CT molecular complexity index is 465. The van der Waals surface area contributed by atoms with Crippen molar-refractivity contribution in [1.29, 1.82) is 0 Å². The molecule has 5 aliphatic rings. The highest BCUT2D eigenvalue weighted by Crippen LogP contribution is 2.48. The van der Waals surface area contributed by atoms with Gasteiger partial charge in [-0.05, 0) is 43.9 Å². The van der Waals surface area contributed by atoms with Crippen LogP contribution in [0.2, 0.25) is 0 Å². The van der Waals surface area contributed by atoms with Crippen LogP contribution in [0.15, 0.2) is 0 Å². The van der Waals surface area contributed by atoms with E-state index in [9.17, 15) is 14.4 Å². The smallest absolute Gasteiger partial charge is 0.241 e. The van der Waals surface area contributed by atoms with E-state index in [0.29, 0.717) is 17.9 Å². The van der Waals surface area contributed by atoms with Crippen LogP contribution in [0, 0.1) is 11.8 Å². The van der Waals surface area contributed by atoms with Crippen molar-refractivity contribution in [3.8, 4) is 0 Å². The minimum absolute atomic E-state index is 0.124. The molecule has 21 heavy (non-hydrogen) atoms. The van der Waals surface area contributed by atoms with Gasteiger partial charge in [-0.3, -0.25) is 24.6 Å². The van der Waals surface area contributed by atoms with Crippen molar-refractivity contribution in [2.45, 2.75) is 56.7 Å². The Morgan fingerprint density at radius 3 is 2.33 bits per heavy atom. The van der Waals surface area contributed by atoms with Gasteiger partial charge in [0.2, 0.25) is 17.7 Å². The molecule has 4 atom stereocenters. The second kappa shape index (κ2) is 4.53. The van der Waals surface area contributed by atoms with Gasteiger partial charge in [0, 0.05) is 18.9 Å². The highest BCUT2D eigenvalue weighted by molar-refractivity contribution is 6.04. The van der Waals surface area contributed by atoms with Gasteiger partial charge in [0.1, 0.15) is 6.54 Å². The molecule has 4 bridgehead atoms. The SMILES string of the molecule is O=C(CN1C(=O)CCC1=O)N[C@@]12C[C@@H]3C[C@@H](C[C@H](C3)N1)C2. The lowest BCUT2D eigenvalue weighted by Gasteiger charge is -2.57. The number of hydrogen-bond donors (Lipinski definition) is 2. The van der Waals surface area contributed by atoms with Gasteiger partial charge in [-0.15, -0.1) is 0 Å². The first-order valence-electron chi connectivity index (χ1n) is 7.95. The first-order chi connectivity index (χ1) is 10.0. The number of imide groups is 1. The van der Waals surface area contributed by atoms with Crippen molar-refractivity contribution in [2.75, 3.05) is 6.54 Å². The minimum atomic E-state index is -0.294. The molecule has 0 aromatic heterocycles. The first kappa shape index (κ1) is 13.2. The zero-order valence-electron chi connectivity index (χ0n) is 12.1. The number of hydrogen-bond acceptors (Lipinski definition) is 4. The third kappa shape index (κ3) is 2.25. The number of rotatable bonds is 3. The molecule has 2 aliphatic carbocycles. The average molecular weight is 291 g/mol. The van der Waals surface area contributed by atoms with Gasteiger partial charge in [-0.1, -0.05) is 0 Å². The second-order valence-electron chi connectivity index (χ2n) is 7.19. The maximum absolute atomic E-state index is 12.3. The van der Waals surface area contributed by atoms with Crippen LogP contribution in [0.25, 0.3) is 0 Å². The zero-order valence-corrected chi connectivity index (χ0v) is 12.1. The molecular formula is C15H21N3O3. The maximum atomic E-state index is 12.3. The molecule has 2 N–H and O–H groups in total. The summed E-state index contributed by atoms with van der Waals surface area (Å²) in [7, 11) is 0. The van der Waals surface area contributed by atoms with Crippen molar-refractivity contribution in [2.24, 2.45) is 11.8 Å². The molecule has 3 amide bonds. The van der Waals surface area contributed by atoms with Crippen LogP contribution in [0.3, 0.4) is 0 Å². The van der Waals surface area contributed by atoms with Gasteiger partial charge >= 0.3 is 0 Å². The van der Waals surface area contributed by atoms with E-state index in [1.54, 1.807) is 0 Å². The van der Waals surface area contributed by atoms with Gasteiger partial charge < -0.3 is 5.32 Å². The summed E-state index contributed by atoms with van der Waals surface area (Å²) in [5, 5.41) is 6.68. The van der Waals surface area contributed by atoms with E-state index in [4.69, 9.17) is 0 Å². The summed E-state index contributed by atoms with van der Waals surface area (Å²) in [5.41, 5.74) is -0.294. The summed E-state index contributed by atoms with van der Waals surface area (Å²) in [6.07, 6.45) is 6.16. The van der Waals surface area contributed by atoms with E-state index in [2.05, 4.69) is 10.6 Å². The molecule has 0 unspecified atom stereocenters. The van der Waals surface area contributed by atoms with Gasteiger partial charge in [0.05, 0.1) is 5.66 Å². The lowest BCUT2D eigenvalue weighted by molar-refractivity contribution is -0.144. The number of carbonyl (C=O) groups excluding carboxylic acids is 3. The predicted octanol–water partition coefficient (Wildman–Crippen LogP) is 0.130. The fourth-order valence-corrected chi connectivity index (χ4v) is 4.98. The molecule has 6 nitrogen and oxygen atoms in total. The Morgan fingerprint density at radius 2 is 1.76 bits per heavy atom. The molecule has 3 aliphatic heterocycles. The van der Waals surface area contributed by atoms with E-state index < -0.39 is 0 Å². The fourth-order valence-electron chi connectivity index (χ4n) is 4.98. The van der Waals surface area contributed by atoms with Crippen LogP contribution in [0.5, 0.6) is 0 Å². The maximum Gasteiger partial charge on any atom is 0.241 e. The predicted molar refractivity (Wildman–Crippen MR) is 73.8 cm³/mol. The van der Waals surface area contributed by atoms with Crippen molar-refractivity contribution in [3.63, 3.8) is 0 Å². The summed E-state index contributed by atoms with van der Waals surface area (Å²) >= 11 is 0. The summed E-state index contributed by atoms with van der Waals surface area (Å²) in [6, 6.07) is 0.520. The van der Waals surface area contributed by atoms with Crippen molar-refractivity contribution in [1.82, 2.24) is 15.5 Å². The lowest BCUT2D eigenvalue weighted by Crippen LogP contribution is -2.71. The zero-order chi connectivity index (χ0) is 14.6. The lowest BCUT2D eigenvalue weighted by atomic mass is 9.62. The average Bonchev–Trinajstić information content (AvgIpc) is 2.68. The second-order valence-corrected chi connectivity index (χ2v) is 7.19. The van der Waals surface area contributed by atoms with E-state index in [-0.39, 0.29) is 42.8 Å². The molecule has 0 aromatic rings. The first-order valence-corrected chi connectivity index (χ1v) is 7.95. The van der Waals surface area contributed by atoms with Gasteiger partial charge in [-0.25, -0.2) is 0 Å². The molecule has 3 heterocycles. The molecule has 0 spiro atoms. The third-order valence-corrected chi connectivity index (χ3v) is 5.49. The topological polar surface area (TPSA) is 78.5 Å². The molecule has 0 radical (unpaired) electrons. The van der Waals surface area contributed by atoms with Crippen LogP contribution < -0.4 is 10.6 Å². The normalized spacial score (nSPS) is 41.0. The number of nitrogens with one attached hydrogen (secondary N) is 2. The standard InChI is InChI=1S/C15H21N3O3/c19-12(8-18-13(20)1-2-14(18)21)17-15-6-9-3-10(7-15)5-11(4-9)16-15/h9-11,16H,1-8H2,(H,17,19)/t9-,10+,11+,15-. The van der Waals surface area contributed by atoms with Gasteiger partial charge in [0.15, 0.2) is 0 Å². The minimum Gasteiger partial charge on any atom is -0.336 e. The summed E-state index contributed by atoms with van der Waals surface area (Å²) in [4.78, 5) is 36.6. The van der Waals surface area contributed by atoms with Crippen molar-refractivity contribution in [3.05, 3.63) is 0 Å². The van der Waals surface area contributed by atoms with Crippen molar-refractivity contribution >= 4 is 17.7 Å². The molecule has 114 valence electrons. The van der Waals surface area contributed by atoms with E-state index in [1.165, 1.54) is 19.3 Å². The van der Waals surface area contributed by atoms with Crippen LogP contribution in [0.4, 0.5) is 0 Å². The summed E-state index contributed by atoms with van der Waals surface area (Å²) in [5.74, 6) is 0.744.